The second-order valence-electron chi connectivity index (χ2n) is 3.92. The van der Waals surface area contributed by atoms with Gasteiger partial charge in [0.2, 0.25) is 0 Å². The van der Waals surface area contributed by atoms with E-state index < -0.39 is 0 Å². The summed E-state index contributed by atoms with van der Waals surface area (Å²) in [6.45, 7) is 1.78. The third-order valence-corrected chi connectivity index (χ3v) is 3.52. The average molecular weight is 227 g/mol. The Morgan fingerprint density at radius 3 is 3.00 bits per heavy atom. The second-order valence-corrected chi connectivity index (χ2v) is 4.64. The van der Waals surface area contributed by atoms with Crippen LogP contribution in [0.3, 0.4) is 0 Å². The molecule has 0 aliphatic carbocycles. The van der Waals surface area contributed by atoms with Gasteiger partial charge < -0.3 is 4.74 Å². The maximum atomic E-state index is 5.56. The largest absolute Gasteiger partial charge is 0.381 e. The first kappa shape index (κ1) is 11.0. The molecule has 1 aliphatic rings. The van der Waals surface area contributed by atoms with Gasteiger partial charge >= 0.3 is 0 Å². The minimum absolute atomic E-state index is 0.194. The van der Waals surface area contributed by atoms with Gasteiger partial charge in [-0.3, -0.25) is 11.3 Å². The maximum Gasteiger partial charge on any atom is 0.0795 e. The van der Waals surface area contributed by atoms with Crippen LogP contribution in [0.15, 0.2) is 10.9 Å². The molecular formula is C10H17N3OS. The van der Waals surface area contributed by atoms with Crippen molar-refractivity contribution in [3.8, 4) is 0 Å². The van der Waals surface area contributed by atoms with Crippen molar-refractivity contribution in [3.63, 3.8) is 0 Å². The summed E-state index contributed by atoms with van der Waals surface area (Å²) in [6, 6.07) is 0.194. The zero-order valence-corrected chi connectivity index (χ0v) is 9.50. The summed E-state index contributed by atoms with van der Waals surface area (Å²) >= 11 is 1.61. The third-order valence-electron chi connectivity index (χ3n) is 2.92. The van der Waals surface area contributed by atoms with Gasteiger partial charge in [-0.05, 0) is 25.2 Å². The zero-order chi connectivity index (χ0) is 10.5. The first-order valence-electron chi connectivity index (χ1n) is 5.32. The quantitative estimate of drug-likeness (QED) is 0.604. The van der Waals surface area contributed by atoms with E-state index in [4.69, 9.17) is 10.6 Å². The lowest BCUT2D eigenvalue weighted by atomic mass is 9.92. The fourth-order valence-corrected chi connectivity index (χ4v) is 2.59. The van der Waals surface area contributed by atoms with Crippen LogP contribution >= 0.6 is 11.3 Å². The van der Waals surface area contributed by atoms with Crippen molar-refractivity contribution in [2.45, 2.75) is 25.3 Å². The fraction of sp³-hybridized carbons (Fsp3) is 0.700. The van der Waals surface area contributed by atoms with Crippen LogP contribution in [-0.4, -0.2) is 18.2 Å². The monoisotopic (exact) mass is 227 g/mol. The summed E-state index contributed by atoms with van der Waals surface area (Å²) in [7, 11) is 0. The smallest absolute Gasteiger partial charge is 0.0795 e. The molecule has 15 heavy (non-hydrogen) atoms. The van der Waals surface area contributed by atoms with Crippen LogP contribution in [0.4, 0.5) is 0 Å². The highest BCUT2D eigenvalue weighted by molar-refractivity contribution is 7.07. The maximum absolute atomic E-state index is 5.56. The normalized spacial score (nSPS) is 20.3. The second kappa shape index (κ2) is 5.55. The van der Waals surface area contributed by atoms with Crippen molar-refractivity contribution < 1.29 is 4.74 Å². The number of hydrazine groups is 1. The minimum atomic E-state index is 0.194. The van der Waals surface area contributed by atoms with E-state index >= 15 is 0 Å². The van der Waals surface area contributed by atoms with Crippen LogP contribution in [0.5, 0.6) is 0 Å². The number of aromatic nitrogens is 1. The van der Waals surface area contributed by atoms with Gasteiger partial charge in [-0.15, -0.1) is 11.3 Å². The Morgan fingerprint density at radius 2 is 2.40 bits per heavy atom. The minimum Gasteiger partial charge on any atom is -0.381 e. The average Bonchev–Trinajstić information content (AvgIpc) is 2.81. The van der Waals surface area contributed by atoms with Crippen LogP contribution in [0.25, 0.3) is 0 Å². The summed E-state index contributed by atoms with van der Waals surface area (Å²) in [5.74, 6) is 6.27. The molecule has 3 N–H and O–H groups in total. The van der Waals surface area contributed by atoms with Crippen molar-refractivity contribution in [1.29, 1.82) is 0 Å². The Balaban J connectivity index is 1.90. The zero-order valence-electron chi connectivity index (χ0n) is 8.69. The Kier molecular flexibility index (Phi) is 4.08. The molecule has 5 heteroatoms. The lowest BCUT2D eigenvalue weighted by Gasteiger charge is -2.25. The molecule has 1 aliphatic heterocycles. The first-order chi connectivity index (χ1) is 7.40. The number of nitrogens with zero attached hydrogens (tertiary/aromatic N) is 1. The lowest BCUT2D eigenvalue weighted by molar-refractivity contribution is 0.0604. The number of rotatable bonds is 4. The van der Waals surface area contributed by atoms with Gasteiger partial charge in [-0.25, -0.2) is 4.98 Å². The molecule has 2 heterocycles. The highest BCUT2D eigenvalue weighted by Gasteiger charge is 2.20. The highest BCUT2D eigenvalue weighted by Crippen LogP contribution is 2.26. The van der Waals surface area contributed by atoms with Crippen molar-refractivity contribution >= 4 is 11.3 Å². The molecule has 1 atom stereocenters. The molecular weight excluding hydrogens is 210 g/mol. The Labute approximate surface area is 93.8 Å². The van der Waals surface area contributed by atoms with Gasteiger partial charge in [-0.1, -0.05) is 0 Å². The van der Waals surface area contributed by atoms with E-state index in [-0.39, 0.29) is 6.04 Å². The topological polar surface area (TPSA) is 60.2 Å². The fourth-order valence-electron chi connectivity index (χ4n) is 1.98. The Morgan fingerprint density at radius 1 is 1.60 bits per heavy atom. The van der Waals surface area contributed by atoms with Crippen LogP contribution < -0.4 is 11.3 Å². The van der Waals surface area contributed by atoms with Crippen LogP contribution in [-0.2, 0) is 4.74 Å². The van der Waals surface area contributed by atoms with E-state index in [1.54, 1.807) is 11.3 Å². The SMILES string of the molecule is NNC(CC1CCOCC1)c1cscn1. The molecule has 1 saturated heterocycles. The molecule has 0 saturated carbocycles. The van der Waals surface area contributed by atoms with Gasteiger partial charge in [0.25, 0.3) is 0 Å². The van der Waals surface area contributed by atoms with Gasteiger partial charge in [0.15, 0.2) is 0 Å². The van der Waals surface area contributed by atoms with Gasteiger partial charge in [0.05, 0.1) is 17.2 Å². The number of hydrogen-bond acceptors (Lipinski definition) is 5. The number of thiazole rings is 1. The standard InChI is InChI=1S/C10H17N3OS/c11-13-9(10-6-15-7-12-10)5-8-1-3-14-4-2-8/h6-9,13H,1-5,11H2. The Hall–Kier alpha value is -0.490. The molecule has 1 fully saturated rings. The summed E-state index contributed by atoms with van der Waals surface area (Å²) in [5.41, 5.74) is 5.77. The number of nitrogens with two attached hydrogens (primary N) is 1. The summed E-state index contributed by atoms with van der Waals surface area (Å²) < 4.78 is 5.34. The van der Waals surface area contributed by atoms with Crippen molar-refractivity contribution in [2.24, 2.45) is 11.8 Å². The van der Waals surface area contributed by atoms with E-state index in [1.165, 1.54) is 0 Å². The Bertz CT molecular complexity index is 272. The molecule has 1 unspecified atom stereocenters. The predicted molar refractivity (Wildman–Crippen MR) is 60.3 cm³/mol. The molecule has 0 radical (unpaired) electrons. The highest BCUT2D eigenvalue weighted by atomic mass is 32.1. The van der Waals surface area contributed by atoms with Crippen LogP contribution in [0.1, 0.15) is 31.0 Å². The third kappa shape index (κ3) is 2.98. The molecule has 1 aromatic heterocycles. The van der Waals surface area contributed by atoms with Crippen LogP contribution in [0, 0.1) is 5.92 Å². The number of hydrogen-bond donors (Lipinski definition) is 2. The lowest BCUT2D eigenvalue weighted by Crippen LogP contribution is -2.31. The summed E-state index contributed by atoms with van der Waals surface area (Å²) in [4.78, 5) is 4.30. The summed E-state index contributed by atoms with van der Waals surface area (Å²) in [5, 5.41) is 2.06. The van der Waals surface area contributed by atoms with Gasteiger partial charge in [0.1, 0.15) is 0 Å². The van der Waals surface area contributed by atoms with Crippen molar-refractivity contribution in [3.05, 3.63) is 16.6 Å². The van der Waals surface area contributed by atoms with Crippen LogP contribution in [0.2, 0.25) is 0 Å². The van der Waals surface area contributed by atoms with Gasteiger partial charge in [-0.2, -0.15) is 0 Å². The predicted octanol–water partition coefficient (Wildman–Crippen LogP) is 1.46. The first-order valence-corrected chi connectivity index (χ1v) is 6.26. The van der Waals surface area contributed by atoms with E-state index in [9.17, 15) is 0 Å². The summed E-state index contributed by atoms with van der Waals surface area (Å²) in [6.07, 6.45) is 3.34. The molecule has 0 bridgehead atoms. The van der Waals surface area contributed by atoms with E-state index in [0.29, 0.717) is 5.92 Å². The molecule has 4 nitrogen and oxygen atoms in total. The molecule has 0 amide bonds. The molecule has 0 aromatic carbocycles. The van der Waals surface area contributed by atoms with Crippen molar-refractivity contribution in [1.82, 2.24) is 10.4 Å². The van der Waals surface area contributed by atoms with Crippen molar-refractivity contribution in [2.75, 3.05) is 13.2 Å². The number of ether oxygens (including phenoxy) is 1. The van der Waals surface area contributed by atoms with Gasteiger partial charge in [0, 0.05) is 18.6 Å². The van der Waals surface area contributed by atoms with E-state index in [2.05, 4.69) is 15.8 Å². The molecule has 1 aromatic rings. The van der Waals surface area contributed by atoms with E-state index in [0.717, 1.165) is 38.2 Å². The molecule has 84 valence electrons. The molecule has 0 spiro atoms. The van der Waals surface area contributed by atoms with E-state index in [1.807, 2.05) is 5.51 Å². The molecule has 2 rings (SSSR count). The number of nitrogens with one attached hydrogen (secondary N) is 1.